The van der Waals surface area contributed by atoms with Gasteiger partial charge in [0.1, 0.15) is 0 Å². The topological polar surface area (TPSA) is 36.6 Å². The van der Waals surface area contributed by atoms with Gasteiger partial charge in [0.25, 0.3) is 0 Å². The minimum atomic E-state index is -0.463. The third-order valence-electron chi connectivity index (χ3n) is 1.35. The molecule has 1 aromatic heterocycles. The van der Waals surface area contributed by atoms with Crippen LogP contribution >= 0.6 is 11.3 Å². The lowest BCUT2D eigenvalue weighted by Crippen LogP contribution is -1.99. The summed E-state index contributed by atoms with van der Waals surface area (Å²) in [6.45, 7) is 3.90. The van der Waals surface area contributed by atoms with E-state index in [4.69, 9.17) is 4.74 Å². The van der Waals surface area contributed by atoms with Gasteiger partial charge in [0.2, 0.25) is 6.10 Å². The van der Waals surface area contributed by atoms with Crippen molar-refractivity contribution in [1.29, 1.82) is 0 Å². The van der Waals surface area contributed by atoms with Crippen LogP contribution in [0.3, 0.4) is 0 Å². The fourth-order valence-corrected chi connectivity index (χ4v) is 1.55. The second kappa shape index (κ2) is 5.36. The van der Waals surface area contributed by atoms with Gasteiger partial charge >= 0.3 is 6.07 Å². The summed E-state index contributed by atoms with van der Waals surface area (Å²) in [4.78, 5) is 0.918. The lowest BCUT2D eigenvalue weighted by molar-refractivity contribution is 0.119. The third kappa shape index (κ3) is 2.90. The molecule has 0 saturated carbocycles. The first-order valence-corrected chi connectivity index (χ1v) is 4.60. The molecule has 1 rings (SSSR count). The molecule has 0 radical (unpaired) electrons. The molecule has 1 unspecified atom stereocenters. The number of rotatable bonds is 4. The van der Waals surface area contributed by atoms with Gasteiger partial charge in [-0.15, -0.1) is 17.9 Å². The molecule has 0 aliphatic heterocycles. The third-order valence-corrected chi connectivity index (χ3v) is 2.27. The highest BCUT2D eigenvalue weighted by Gasteiger charge is 2.15. The number of nitrogens with zero attached hydrogens (tertiary/aromatic N) is 1. The van der Waals surface area contributed by atoms with E-state index in [1.54, 1.807) is 6.08 Å². The molecule has 0 bridgehead atoms. The summed E-state index contributed by atoms with van der Waals surface area (Å²) in [6, 6.07) is 6.09. The Bertz CT molecular complexity index is 310. The zero-order valence-corrected chi connectivity index (χ0v) is 7.79. The summed E-state index contributed by atoms with van der Waals surface area (Å²) in [5, 5.41) is 14.5. The van der Waals surface area contributed by atoms with Crippen LogP contribution in [-0.2, 0) is 4.74 Å². The molecule has 0 N–H and O–H groups in total. The van der Waals surface area contributed by atoms with Crippen LogP contribution in [0, 0.1) is 11.3 Å². The minimum Gasteiger partial charge on any atom is -0.498 e. The standard InChI is InChI=1S/C9H9NO2S/c1-2-5-12-8(7-10-11)9-4-3-6-13-9/h2-4,6,8H,1,5H2. The van der Waals surface area contributed by atoms with E-state index < -0.39 is 6.10 Å². The molecule has 0 saturated heterocycles. The van der Waals surface area contributed by atoms with Gasteiger partial charge in [-0.25, -0.2) is 0 Å². The second-order valence-corrected chi connectivity index (χ2v) is 3.22. The van der Waals surface area contributed by atoms with Gasteiger partial charge in [0, 0.05) is 5.01 Å². The fourth-order valence-electron chi connectivity index (χ4n) is 0.836. The predicted molar refractivity (Wildman–Crippen MR) is 53.8 cm³/mol. The molecule has 1 aromatic rings. The molecule has 1 atom stereocenters. The van der Waals surface area contributed by atoms with Crippen LogP contribution in [0.2, 0.25) is 0 Å². The average molecular weight is 195 g/mol. The Balaban J connectivity index is 2.66. The Morgan fingerprint density at radius 1 is 1.85 bits per heavy atom. The normalized spacial score (nSPS) is 11.4. The van der Waals surface area contributed by atoms with Crippen LogP contribution in [0.15, 0.2) is 30.2 Å². The Kier molecular flexibility index (Phi) is 4.03. The van der Waals surface area contributed by atoms with Crippen molar-refractivity contribution in [3.05, 3.63) is 45.3 Å². The SMILES string of the molecule is C=CCOC(C#[N+][O-])c1cccs1. The van der Waals surface area contributed by atoms with Crippen molar-refractivity contribution in [3.8, 4) is 6.07 Å². The van der Waals surface area contributed by atoms with Crippen molar-refractivity contribution < 1.29 is 4.74 Å². The molecular weight excluding hydrogens is 186 g/mol. The predicted octanol–water partition coefficient (Wildman–Crippen LogP) is 2.82. The summed E-state index contributed by atoms with van der Waals surface area (Å²) in [7, 11) is 0. The largest absolute Gasteiger partial charge is 0.498 e. The molecule has 1 heterocycles. The Hall–Kier alpha value is -1.31. The van der Waals surface area contributed by atoms with Gasteiger partial charge in [-0.05, 0) is 11.4 Å². The van der Waals surface area contributed by atoms with Gasteiger partial charge < -0.3 is 9.94 Å². The van der Waals surface area contributed by atoms with Crippen molar-refractivity contribution in [1.82, 2.24) is 0 Å². The summed E-state index contributed by atoms with van der Waals surface area (Å²) in [5.74, 6) is 0. The first-order valence-electron chi connectivity index (χ1n) is 3.72. The summed E-state index contributed by atoms with van der Waals surface area (Å²) < 4.78 is 5.26. The zero-order chi connectivity index (χ0) is 9.52. The molecule has 3 nitrogen and oxygen atoms in total. The molecular formula is C9H9NO2S. The molecule has 4 heteroatoms. The van der Waals surface area contributed by atoms with E-state index in [1.807, 2.05) is 17.5 Å². The summed E-state index contributed by atoms with van der Waals surface area (Å²) in [5.41, 5.74) is 0. The Morgan fingerprint density at radius 3 is 3.23 bits per heavy atom. The fraction of sp³-hybridized carbons (Fsp3) is 0.222. The van der Waals surface area contributed by atoms with Crippen molar-refractivity contribution in [2.45, 2.75) is 6.10 Å². The van der Waals surface area contributed by atoms with Crippen LogP contribution < -0.4 is 0 Å². The number of thiophene rings is 1. The maximum atomic E-state index is 10.0. The number of ether oxygens (including phenoxy) is 1. The van der Waals surface area contributed by atoms with E-state index in [9.17, 15) is 5.21 Å². The van der Waals surface area contributed by atoms with Crippen LogP contribution in [-0.4, -0.2) is 6.61 Å². The van der Waals surface area contributed by atoms with Crippen molar-refractivity contribution in [2.24, 2.45) is 0 Å². The van der Waals surface area contributed by atoms with E-state index in [0.717, 1.165) is 4.88 Å². The Labute approximate surface area is 80.7 Å². The molecule has 0 amide bonds. The number of hydrogen-bond donors (Lipinski definition) is 0. The zero-order valence-electron chi connectivity index (χ0n) is 6.97. The van der Waals surface area contributed by atoms with E-state index in [-0.39, 0.29) is 0 Å². The van der Waals surface area contributed by atoms with Crippen LogP contribution in [0.4, 0.5) is 0 Å². The maximum absolute atomic E-state index is 10.0. The van der Waals surface area contributed by atoms with Gasteiger partial charge in [0.05, 0.1) is 11.5 Å². The average Bonchev–Trinajstić information content (AvgIpc) is 2.65. The first kappa shape index (κ1) is 9.78. The smallest absolute Gasteiger partial charge is 0.336 e. The quantitative estimate of drug-likeness (QED) is 0.547. The van der Waals surface area contributed by atoms with Gasteiger partial charge in [-0.2, -0.15) is 0 Å². The molecule has 0 spiro atoms. The molecule has 0 fully saturated rings. The lowest BCUT2D eigenvalue weighted by Gasteiger charge is -2.02. The van der Waals surface area contributed by atoms with E-state index in [1.165, 1.54) is 11.3 Å². The van der Waals surface area contributed by atoms with Gasteiger partial charge in [-0.3, -0.25) is 0 Å². The second-order valence-electron chi connectivity index (χ2n) is 2.24. The van der Waals surface area contributed by atoms with Crippen molar-refractivity contribution in [3.63, 3.8) is 0 Å². The van der Waals surface area contributed by atoms with Crippen LogP contribution in [0.5, 0.6) is 0 Å². The van der Waals surface area contributed by atoms with Crippen molar-refractivity contribution in [2.75, 3.05) is 6.61 Å². The minimum absolute atomic E-state index is 0.380. The van der Waals surface area contributed by atoms with E-state index in [2.05, 4.69) is 17.7 Å². The molecule has 68 valence electrons. The molecule has 0 aromatic carbocycles. The highest BCUT2D eigenvalue weighted by molar-refractivity contribution is 7.10. The molecule has 13 heavy (non-hydrogen) atoms. The van der Waals surface area contributed by atoms with Crippen LogP contribution in [0.1, 0.15) is 11.0 Å². The molecule has 0 aliphatic carbocycles. The van der Waals surface area contributed by atoms with E-state index >= 15 is 0 Å². The summed E-state index contributed by atoms with van der Waals surface area (Å²) >= 11 is 1.50. The Morgan fingerprint density at radius 2 is 2.69 bits per heavy atom. The summed E-state index contributed by atoms with van der Waals surface area (Å²) in [6.07, 6.45) is 1.16. The highest BCUT2D eigenvalue weighted by atomic mass is 32.1. The van der Waals surface area contributed by atoms with Gasteiger partial charge in [-0.1, -0.05) is 12.1 Å². The monoisotopic (exact) mass is 195 g/mol. The highest BCUT2D eigenvalue weighted by Crippen LogP contribution is 2.21. The lowest BCUT2D eigenvalue weighted by atomic mass is 10.3. The molecule has 0 aliphatic rings. The van der Waals surface area contributed by atoms with Gasteiger partial charge in [0.15, 0.2) is 0 Å². The maximum Gasteiger partial charge on any atom is 0.336 e. The van der Waals surface area contributed by atoms with Crippen LogP contribution in [0.25, 0.3) is 5.01 Å². The van der Waals surface area contributed by atoms with Crippen molar-refractivity contribution >= 4 is 11.3 Å². The van der Waals surface area contributed by atoms with E-state index in [0.29, 0.717) is 6.61 Å². The first-order chi connectivity index (χ1) is 6.38. The number of hydrogen-bond acceptors (Lipinski definition) is 3.